The Balaban J connectivity index is 1.56. The molecule has 142 valence electrons. The number of hydrogen-bond acceptors (Lipinski definition) is 5. The molecule has 1 unspecified atom stereocenters. The van der Waals surface area contributed by atoms with Crippen LogP contribution in [0.15, 0.2) is 24.3 Å². The molecule has 1 saturated heterocycles. The topological polar surface area (TPSA) is 86.8 Å². The predicted molar refractivity (Wildman–Crippen MR) is 98.4 cm³/mol. The molecule has 26 heavy (non-hydrogen) atoms. The monoisotopic (exact) mass is 379 g/mol. The molecule has 7 nitrogen and oxygen atoms in total. The fraction of sp³-hybridized carbons (Fsp3) is 0.556. The molecule has 2 aliphatic rings. The van der Waals surface area contributed by atoms with E-state index >= 15 is 0 Å². The number of nitrogens with one attached hydrogen (secondary N) is 1. The molecule has 0 saturated carbocycles. The Morgan fingerprint density at radius 2 is 1.81 bits per heavy atom. The standard InChI is InChI=1S/C18H25N3O4S/c1-19-12-14-6-4-9-20(13-14)26(24,25)11-5-10-21-17(22)15-7-2-3-8-16(15)18(21)23/h2-3,7-8,14,19H,4-6,9-13H2,1H3. The lowest BCUT2D eigenvalue weighted by Gasteiger charge is -2.32. The van der Waals surface area contributed by atoms with Gasteiger partial charge in [0.2, 0.25) is 10.0 Å². The van der Waals surface area contributed by atoms with Crippen molar-refractivity contribution in [2.45, 2.75) is 19.3 Å². The summed E-state index contributed by atoms with van der Waals surface area (Å²) in [6.07, 6.45) is 2.15. The summed E-state index contributed by atoms with van der Waals surface area (Å²) in [6.45, 7) is 2.02. The van der Waals surface area contributed by atoms with Gasteiger partial charge in [-0.05, 0) is 50.9 Å². The van der Waals surface area contributed by atoms with Crippen LogP contribution in [-0.2, 0) is 10.0 Å². The van der Waals surface area contributed by atoms with E-state index in [0.717, 1.165) is 24.3 Å². The molecule has 1 aromatic rings. The zero-order valence-corrected chi connectivity index (χ0v) is 15.8. The van der Waals surface area contributed by atoms with Crippen LogP contribution in [0.2, 0.25) is 0 Å². The smallest absolute Gasteiger partial charge is 0.261 e. The average molecular weight is 379 g/mol. The van der Waals surface area contributed by atoms with E-state index in [2.05, 4.69) is 5.32 Å². The molecule has 0 radical (unpaired) electrons. The lowest BCUT2D eigenvalue weighted by atomic mass is 10.00. The van der Waals surface area contributed by atoms with Crippen molar-refractivity contribution in [3.8, 4) is 0 Å². The summed E-state index contributed by atoms with van der Waals surface area (Å²) < 4.78 is 26.8. The Morgan fingerprint density at radius 3 is 2.42 bits per heavy atom. The number of benzene rings is 1. The number of amides is 2. The highest BCUT2D eigenvalue weighted by atomic mass is 32.2. The summed E-state index contributed by atoms with van der Waals surface area (Å²) >= 11 is 0. The molecule has 1 fully saturated rings. The van der Waals surface area contributed by atoms with Crippen LogP contribution in [0.3, 0.4) is 0 Å². The molecule has 0 bridgehead atoms. The average Bonchev–Trinajstić information content (AvgIpc) is 2.87. The highest BCUT2D eigenvalue weighted by Gasteiger charge is 2.35. The van der Waals surface area contributed by atoms with Gasteiger partial charge in [0.15, 0.2) is 0 Å². The summed E-state index contributed by atoms with van der Waals surface area (Å²) in [6, 6.07) is 6.69. The van der Waals surface area contributed by atoms with E-state index < -0.39 is 10.0 Å². The van der Waals surface area contributed by atoms with Gasteiger partial charge >= 0.3 is 0 Å². The molecule has 2 aliphatic heterocycles. The van der Waals surface area contributed by atoms with Gasteiger partial charge in [0.25, 0.3) is 11.8 Å². The number of nitrogens with zero attached hydrogens (tertiary/aromatic N) is 2. The third-order valence-corrected chi connectivity index (χ3v) is 6.95. The third kappa shape index (κ3) is 3.82. The maximum Gasteiger partial charge on any atom is 0.261 e. The van der Waals surface area contributed by atoms with E-state index in [0.29, 0.717) is 30.1 Å². The van der Waals surface area contributed by atoms with Crippen LogP contribution in [-0.4, -0.2) is 68.4 Å². The molecule has 1 N–H and O–H groups in total. The van der Waals surface area contributed by atoms with Crippen LogP contribution in [0.1, 0.15) is 40.0 Å². The fourth-order valence-electron chi connectivity index (χ4n) is 3.71. The zero-order valence-electron chi connectivity index (χ0n) is 15.0. The van der Waals surface area contributed by atoms with Crippen molar-refractivity contribution in [3.63, 3.8) is 0 Å². The van der Waals surface area contributed by atoms with Crippen LogP contribution in [0, 0.1) is 5.92 Å². The van der Waals surface area contributed by atoms with Gasteiger partial charge in [-0.1, -0.05) is 12.1 Å². The Bertz CT molecular complexity index is 756. The number of sulfonamides is 1. The minimum Gasteiger partial charge on any atom is -0.319 e. The fourth-order valence-corrected chi connectivity index (χ4v) is 5.31. The van der Waals surface area contributed by atoms with E-state index in [4.69, 9.17) is 0 Å². The number of fused-ring (bicyclic) bond motifs is 1. The largest absolute Gasteiger partial charge is 0.319 e. The van der Waals surface area contributed by atoms with Crippen LogP contribution in [0.4, 0.5) is 0 Å². The Morgan fingerprint density at radius 1 is 1.15 bits per heavy atom. The molecule has 2 heterocycles. The predicted octanol–water partition coefficient (Wildman–Crippen LogP) is 0.934. The first-order chi connectivity index (χ1) is 12.4. The molecule has 0 aromatic heterocycles. The van der Waals surface area contributed by atoms with Crippen molar-refractivity contribution in [2.24, 2.45) is 5.92 Å². The van der Waals surface area contributed by atoms with E-state index in [1.165, 1.54) is 0 Å². The van der Waals surface area contributed by atoms with Crippen LogP contribution in [0.25, 0.3) is 0 Å². The number of carbonyl (C=O) groups excluding carboxylic acids is 2. The first-order valence-electron chi connectivity index (χ1n) is 9.01. The molecular formula is C18H25N3O4S. The van der Waals surface area contributed by atoms with Crippen molar-refractivity contribution in [2.75, 3.05) is 39.0 Å². The summed E-state index contributed by atoms with van der Waals surface area (Å²) in [5.41, 5.74) is 0.789. The van der Waals surface area contributed by atoms with Crippen LogP contribution in [0.5, 0.6) is 0 Å². The second-order valence-corrected chi connectivity index (χ2v) is 8.99. The lowest BCUT2D eigenvalue weighted by Crippen LogP contribution is -2.43. The zero-order chi connectivity index (χ0) is 18.7. The Labute approximate surface area is 154 Å². The van der Waals surface area contributed by atoms with Gasteiger partial charge in [0.05, 0.1) is 16.9 Å². The minimum atomic E-state index is -3.37. The highest BCUT2D eigenvalue weighted by molar-refractivity contribution is 7.89. The van der Waals surface area contributed by atoms with Crippen molar-refractivity contribution in [3.05, 3.63) is 35.4 Å². The minimum absolute atomic E-state index is 0.0489. The highest BCUT2D eigenvalue weighted by Crippen LogP contribution is 2.23. The summed E-state index contributed by atoms with van der Waals surface area (Å²) in [7, 11) is -1.50. The normalized spacial score (nSPS) is 21.3. The SMILES string of the molecule is CNCC1CCCN(S(=O)(=O)CCCN2C(=O)c3ccccc3C2=O)C1. The summed E-state index contributed by atoms with van der Waals surface area (Å²) in [4.78, 5) is 25.8. The second kappa shape index (κ2) is 7.85. The molecule has 2 amide bonds. The molecule has 0 spiro atoms. The van der Waals surface area contributed by atoms with Crippen molar-refractivity contribution in [1.29, 1.82) is 0 Å². The number of imide groups is 1. The summed E-state index contributed by atoms with van der Waals surface area (Å²) in [5.74, 6) is -0.392. The van der Waals surface area contributed by atoms with E-state index in [9.17, 15) is 18.0 Å². The van der Waals surface area contributed by atoms with Gasteiger partial charge in [-0.2, -0.15) is 0 Å². The molecular weight excluding hydrogens is 354 g/mol. The van der Waals surface area contributed by atoms with E-state index in [1.807, 2.05) is 7.05 Å². The molecule has 3 rings (SSSR count). The first kappa shape index (κ1) is 19.0. The van der Waals surface area contributed by atoms with Gasteiger partial charge in [-0.3, -0.25) is 14.5 Å². The lowest BCUT2D eigenvalue weighted by molar-refractivity contribution is 0.0654. The number of rotatable bonds is 7. The second-order valence-electron chi connectivity index (χ2n) is 6.90. The van der Waals surface area contributed by atoms with Crippen LogP contribution < -0.4 is 5.32 Å². The quantitative estimate of drug-likeness (QED) is 0.713. The molecule has 8 heteroatoms. The Kier molecular flexibility index (Phi) is 5.74. The maximum atomic E-state index is 12.6. The molecule has 1 atom stereocenters. The van der Waals surface area contributed by atoms with Gasteiger partial charge in [-0.25, -0.2) is 12.7 Å². The Hall–Kier alpha value is -1.77. The molecule has 0 aliphatic carbocycles. The molecule has 1 aromatic carbocycles. The van der Waals surface area contributed by atoms with Crippen molar-refractivity contribution in [1.82, 2.24) is 14.5 Å². The van der Waals surface area contributed by atoms with E-state index in [-0.39, 0.29) is 30.5 Å². The van der Waals surface area contributed by atoms with E-state index in [1.54, 1.807) is 28.6 Å². The van der Waals surface area contributed by atoms with Gasteiger partial charge in [0.1, 0.15) is 0 Å². The number of carbonyl (C=O) groups is 2. The first-order valence-corrected chi connectivity index (χ1v) is 10.6. The van der Waals surface area contributed by atoms with Gasteiger partial charge < -0.3 is 5.32 Å². The maximum absolute atomic E-state index is 12.6. The van der Waals surface area contributed by atoms with Gasteiger partial charge in [0, 0.05) is 19.6 Å². The third-order valence-electron chi connectivity index (χ3n) is 5.03. The van der Waals surface area contributed by atoms with Crippen LogP contribution >= 0.6 is 0 Å². The number of piperidine rings is 1. The van der Waals surface area contributed by atoms with Gasteiger partial charge in [-0.15, -0.1) is 0 Å². The number of hydrogen-bond donors (Lipinski definition) is 1. The summed E-state index contributed by atoms with van der Waals surface area (Å²) in [5, 5.41) is 3.10. The van der Waals surface area contributed by atoms with Crippen molar-refractivity contribution >= 4 is 21.8 Å². The van der Waals surface area contributed by atoms with Crippen molar-refractivity contribution < 1.29 is 18.0 Å².